The zero-order chi connectivity index (χ0) is 33.7. The lowest BCUT2D eigenvalue weighted by molar-refractivity contribution is 0.620. The van der Waals surface area contributed by atoms with Gasteiger partial charge in [-0.15, -0.1) is 0 Å². The molecule has 10 aromatic rings. The summed E-state index contributed by atoms with van der Waals surface area (Å²) < 4.78 is 12.7. The Labute approximate surface area is 293 Å². The minimum absolute atomic E-state index is 0.596. The number of rotatable bonds is 6. The van der Waals surface area contributed by atoms with Crippen LogP contribution in [0, 0.1) is 0 Å². The molecular weight excluding hydrogens is 627 g/mol. The standard InChI is InChI=1S/C46H29N3O2/c1-3-10-31(11-4-1)45-47-41-23-21-39(28-43(41)50-45)49(40-22-24-42-44(29-40)51-46(48-42)32-12-5-2-6-13-32)38-20-19-36-26-35(17-18-37(36)27-38)34-16-15-30-9-7-8-14-33(30)25-34/h1-29H. The van der Waals surface area contributed by atoms with Crippen molar-refractivity contribution in [1.82, 2.24) is 9.97 Å². The maximum absolute atomic E-state index is 6.33. The molecule has 0 unspecified atom stereocenters. The molecule has 0 aliphatic rings. The van der Waals surface area contributed by atoms with Crippen molar-refractivity contribution in [1.29, 1.82) is 0 Å². The summed E-state index contributed by atoms with van der Waals surface area (Å²) in [6.07, 6.45) is 0. The second-order valence-corrected chi connectivity index (χ2v) is 12.7. The van der Waals surface area contributed by atoms with Crippen molar-refractivity contribution < 1.29 is 8.83 Å². The van der Waals surface area contributed by atoms with Gasteiger partial charge in [-0.25, -0.2) is 9.97 Å². The Kier molecular flexibility index (Phi) is 6.74. The fourth-order valence-electron chi connectivity index (χ4n) is 6.88. The molecule has 2 heterocycles. The Morgan fingerprint density at radius 1 is 0.333 bits per heavy atom. The second-order valence-electron chi connectivity index (χ2n) is 12.7. The van der Waals surface area contributed by atoms with Crippen molar-refractivity contribution in [3.8, 4) is 34.0 Å². The Balaban J connectivity index is 1.09. The number of aromatic nitrogens is 2. The molecule has 8 aromatic carbocycles. The van der Waals surface area contributed by atoms with Crippen LogP contribution in [0.3, 0.4) is 0 Å². The molecule has 0 N–H and O–H groups in total. The molecule has 5 nitrogen and oxygen atoms in total. The molecule has 0 atom stereocenters. The molecule has 0 amide bonds. The molecular formula is C46H29N3O2. The largest absolute Gasteiger partial charge is 0.436 e. The van der Waals surface area contributed by atoms with E-state index in [0.717, 1.165) is 44.6 Å². The lowest BCUT2D eigenvalue weighted by atomic mass is 9.98. The van der Waals surface area contributed by atoms with Crippen molar-refractivity contribution in [3.05, 3.63) is 176 Å². The smallest absolute Gasteiger partial charge is 0.227 e. The van der Waals surface area contributed by atoms with Crippen LogP contribution in [0.25, 0.3) is 77.8 Å². The highest BCUT2D eigenvalue weighted by atomic mass is 16.4. The zero-order valence-corrected chi connectivity index (χ0v) is 27.4. The number of fused-ring (bicyclic) bond motifs is 4. The number of benzene rings is 8. The summed E-state index contributed by atoms with van der Waals surface area (Å²) in [4.78, 5) is 11.8. The maximum Gasteiger partial charge on any atom is 0.227 e. The van der Waals surface area contributed by atoms with Crippen molar-refractivity contribution in [2.24, 2.45) is 0 Å². The third-order valence-corrected chi connectivity index (χ3v) is 9.47. The SMILES string of the molecule is c1ccc(-c2nc3ccc(N(c4ccc5cc(-c6ccc7ccccc7c6)ccc5c4)c4ccc5nc(-c6ccccc6)oc5c4)cc3o2)cc1. The van der Waals surface area contributed by atoms with Crippen molar-refractivity contribution >= 4 is 60.8 Å². The number of nitrogens with zero attached hydrogens (tertiary/aromatic N) is 3. The highest BCUT2D eigenvalue weighted by Crippen LogP contribution is 2.40. The third kappa shape index (κ3) is 5.29. The van der Waals surface area contributed by atoms with Gasteiger partial charge in [-0.2, -0.15) is 0 Å². The van der Waals surface area contributed by atoms with Crippen LogP contribution in [0.5, 0.6) is 0 Å². The van der Waals surface area contributed by atoms with Gasteiger partial charge < -0.3 is 13.7 Å². The van der Waals surface area contributed by atoms with Gasteiger partial charge >= 0.3 is 0 Å². The van der Waals surface area contributed by atoms with Gasteiger partial charge in [0, 0.05) is 40.3 Å². The molecule has 0 aliphatic heterocycles. The van der Waals surface area contributed by atoms with Gasteiger partial charge in [0.05, 0.1) is 0 Å². The molecule has 0 bridgehead atoms. The molecule has 10 rings (SSSR count). The Morgan fingerprint density at radius 3 is 1.35 bits per heavy atom. The number of hydrogen-bond donors (Lipinski definition) is 0. The van der Waals surface area contributed by atoms with E-state index in [-0.39, 0.29) is 0 Å². The molecule has 0 fully saturated rings. The van der Waals surface area contributed by atoms with E-state index in [2.05, 4.69) is 108 Å². The lowest BCUT2D eigenvalue weighted by Gasteiger charge is -2.25. The molecule has 0 spiro atoms. The van der Waals surface area contributed by atoms with Gasteiger partial charge in [-0.1, -0.05) is 91.0 Å². The van der Waals surface area contributed by atoms with E-state index in [9.17, 15) is 0 Å². The van der Waals surface area contributed by atoms with Crippen molar-refractivity contribution in [2.45, 2.75) is 0 Å². The van der Waals surface area contributed by atoms with Gasteiger partial charge in [0.25, 0.3) is 0 Å². The average molecular weight is 656 g/mol. The molecule has 240 valence electrons. The highest BCUT2D eigenvalue weighted by Gasteiger charge is 2.18. The normalized spacial score (nSPS) is 11.5. The Hall–Kier alpha value is -6.98. The van der Waals surface area contributed by atoms with E-state index in [1.165, 1.54) is 27.3 Å². The first-order valence-electron chi connectivity index (χ1n) is 17.0. The van der Waals surface area contributed by atoms with Gasteiger partial charge in [0.15, 0.2) is 11.2 Å². The summed E-state index contributed by atoms with van der Waals surface area (Å²) in [6, 6.07) is 60.7. The first-order chi connectivity index (χ1) is 25.2. The minimum Gasteiger partial charge on any atom is -0.436 e. The van der Waals surface area contributed by atoms with Crippen LogP contribution >= 0.6 is 0 Å². The fraction of sp³-hybridized carbons (Fsp3) is 0. The van der Waals surface area contributed by atoms with Crippen LogP contribution in [0.15, 0.2) is 185 Å². The Bertz CT molecular complexity index is 2760. The molecule has 0 aliphatic carbocycles. The fourth-order valence-corrected chi connectivity index (χ4v) is 6.88. The van der Waals surface area contributed by atoms with Crippen LogP contribution in [-0.4, -0.2) is 9.97 Å². The lowest BCUT2D eigenvalue weighted by Crippen LogP contribution is -2.09. The van der Waals surface area contributed by atoms with Gasteiger partial charge in [-0.05, 0) is 105 Å². The predicted octanol–water partition coefficient (Wildman–Crippen LogP) is 12.7. The molecule has 0 radical (unpaired) electrons. The molecule has 5 heteroatoms. The van der Waals surface area contributed by atoms with E-state index in [0.29, 0.717) is 22.9 Å². The minimum atomic E-state index is 0.596. The van der Waals surface area contributed by atoms with Crippen molar-refractivity contribution in [2.75, 3.05) is 4.90 Å². The first-order valence-corrected chi connectivity index (χ1v) is 17.0. The quantitative estimate of drug-likeness (QED) is 0.178. The zero-order valence-electron chi connectivity index (χ0n) is 27.4. The third-order valence-electron chi connectivity index (χ3n) is 9.47. The van der Waals surface area contributed by atoms with E-state index in [1.54, 1.807) is 0 Å². The predicted molar refractivity (Wildman–Crippen MR) is 208 cm³/mol. The molecule has 51 heavy (non-hydrogen) atoms. The summed E-state index contributed by atoms with van der Waals surface area (Å²) in [6.45, 7) is 0. The number of oxazole rings is 2. The highest BCUT2D eigenvalue weighted by molar-refractivity contribution is 5.95. The second kappa shape index (κ2) is 11.9. The number of hydrogen-bond acceptors (Lipinski definition) is 5. The summed E-state index contributed by atoms with van der Waals surface area (Å²) in [5.41, 5.74) is 10.2. The maximum atomic E-state index is 6.33. The Morgan fingerprint density at radius 2 is 0.765 bits per heavy atom. The monoisotopic (exact) mass is 655 g/mol. The number of anilines is 3. The van der Waals surface area contributed by atoms with Crippen molar-refractivity contribution in [3.63, 3.8) is 0 Å². The first kappa shape index (κ1) is 29.0. The van der Waals surface area contributed by atoms with E-state index >= 15 is 0 Å². The van der Waals surface area contributed by atoms with E-state index in [4.69, 9.17) is 18.8 Å². The van der Waals surface area contributed by atoms with Crippen LogP contribution < -0.4 is 4.90 Å². The molecule has 2 aromatic heterocycles. The molecule has 0 saturated carbocycles. The van der Waals surface area contributed by atoms with Crippen LogP contribution in [-0.2, 0) is 0 Å². The van der Waals surface area contributed by atoms with E-state index < -0.39 is 0 Å². The topological polar surface area (TPSA) is 55.3 Å². The van der Waals surface area contributed by atoms with Gasteiger partial charge in [0.1, 0.15) is 11.0 Å². The molecule has 0 saturated heterocycles. The van der Waals surface area contributed by atoms with Crippen LogP contribution in [0.4, 0.5) is 17.1 Å². The summed E-state index contributed by atoms with van der Waals surface area (Å²) in [5.74, 6) is 1.19. The average Bonchev–Trinajstić information content (AvgIpc) is 3.83. The van der Waals surface area contributed by atoms with Crippen LogP contribution in [0.2, 0.25) is 0 Å². The summed E-state index contributed by atoms with van der Waals surface area (Å²) in [5, 5.41) is 4.79. The summed E-state index contributed by atoms with van der Waals surface area (Å²) >= 11 is 0. The van der Waals surface area contributed by atoms with Crippen LogP contribution in [0.1, 0.15) is 0 Å². The summed E-state index contributed by atoms with van der Waals surface area (Å²) in [7, 11) is 0. The van der Waals surface area contributed by atoms with Gasteiger partial charge in [-0.3, -0.25) is 0 Å². The van der Waals surface area contributed by atoms with E-state index in [1.807, 2.05) is 72.8 Å². The van der Waals surface area contributed by atoms with Gasteiger partial charge in [0.2, 0.25) is 11.8 Å².